The zero-order valence-electron chi connectivity index (χ0n) is 18.7. The normalized spacial score (nSPS) is 21.7. The van der Waals surface area contributed by atoms with E-state index >= 15 is 0 Å². The molecule has 2 aromatic carbocycles. The molecule has 33 heavy (non-hydrogen) atoms. The minimum atomic E-state index is -0.718. The first-order chi connectivity index (χ1) is 15.9. The van der Waals surface area contributed by atoms with E-state index in [1.807, 2.05) is 30.3 Å². The zero-order chi connectivity index (χ0) is 23.4. The number of likely N-dealkylation sites (tertiary alicyclic amines) is 1. The largest absolute Gasteiger partial charge is 0.486 e. The molecule has 1 aliphatic carbocycles. The zero-order valence-corrected chi connectivity index (χ0v) is 18.7. The van der Waals surface area contributed by atoms with Crippen molar-refractivity contribution < 1.29 is 23.1 Å². The average molecular weight is 458 g/mol. The molecule has 0 spiro atoms. The highest BCUT2D eigenvalue weighted by Gasteiger charge is 2.41. The van der Waals surface area contributed by atoms with Crippen LogP contribution in [0.1, 0.15) is 36.8 Å². The third kappa shape index (κ3) is 6.07. The van der Waals surface area contributed by atoms with E-state index in [-0.39, 0.29) is 48.6 Å². The molecule has 2 amide bonds. The summed E-state index contributed by atoms with van der Waals surface area (Å²) in [5, 5.41) is 6.03. The van der Waals surface area contributed by atoms with Crippen molar-refractivity contribution in [2.45, 2.75) is 38.3 Å². The molecular formula is C25H29F2N3O3. The SMILES string of the molecule is CC(=O)NC[C@H]1CCN(C(=O)CNC2CC2c2cc(F)cc(F)c2OCc2ccccc2)C1. The molecule has 1 saturated heterocycles. The van der Waals surface area contributed by atoms with E-state index in [1.54, 1.807) is 4.90 Å². The number of amides is 2. The monoisotopic (exact) mass is 457 g/mol. The summed E-state index contributed by atoms with van der Waals surface area (Å²) >= 11 is 0. The summed E-state index contributed by atoms with van der Waals surface area (Å²) in [4.78, 5) is 25.4. The molecule has 2 aliphatic rings. The van der Waals surface area contributed by atoms with Crippen LogP contribution in [-0.2, 0) is 16.2 Å². The Morgan fingerprint density at radius 2 is 1.97 bits per heavy atom. The van der Waals surface area contributed by atoms with Gasteiger partial charge < -0.3 is 20.3 Å². The molecule has 8 heteroatoms. The molecule has 1 saturated carbocycles. The molecule has 176 valence electrons. The molecule has 3 atom stereocenters. The Labute approximate surface area is 192 Å². The summed E-state index contributed by atoms with van der Waals surface area (Å²) < 4.78 is 34.2. The Hall–Kier alpha value is -3.00. The highest BCUT2D eigenvalue weighted by Crippen LogP contribution is 2.46. The third-order valence-corrected chi connectivity index (χ3v) is 6.25. The van der Waals surface area contributed by atoms with Crippen molar-refractivity contribution in [3.8, 4) is 5.75 Å². The van der Waals surface area contributed by atoms with Gasteiger partial charge in [-0.2, -0.15) is 0 Å². The first-order valence-electron chi connectivity index (χ1n) is 11.3. The molecule has 1 heterocycles. The van der Waals surface area contributed by atoms with Crippen molar-refractivity contribution in [1.29, 1.82) is 0 Å². The van der Waals surface area contributed by atoms with Gasteiger partial charge in [-0.3, -0.25) is 9.59 Å². The maximum atomic E-state index is 14.5. The van der Waals surface area contributed by atoms with Gasteiger partial charge in [-0.05, 0) is 30.4 Å². The minimum Gasteiger partial charge on any atom is -0.486 e. The lowest BCUT2D eigenvalue weighted by molar-refractivity contribution is -0.129. The maximum Gasteiger partial charge on any atom is 0.236 e. The summed E-state index contributed by atoms with van der Waals surface area (Å²) in [6.45, 7) is 3.72. The summed E-state index contributed by atoms with van der Waals surface area (Å²) in [7, 11) is 0. The molecule has 2 aromatic rings. The van der Waals surface area contributed by atoms with E-state index in [0.29, 0.717) is 31.6 Å². The lowest BCUT2D eigenvalue weighted by Crippen LogP contribution is -2.38. The average Bonchev–Trinajstić information content (AvgIpc) is 3.41. The molecule has 2 fully saturated rings. The summed E-state index contributed by atoms with van der Waals surface area (Å²) in [6.07, 6.45) is 1.55. The first-order valence-corrected chi connectivity index (χ1v) is 11.3. The van der Waals surface area contributed by atoms with Crippen LogP contribution in [0.3, 0.4) is 0 Å². The molecule has 2 N–H and O–H groups in total. The molecular weight excluding hydrogens is 428 g/mol. The van der Waals surface area contributed by atoms with Crippen LogP contribution in [-0.4, -0.2) is 48.9 Å². The second-order valence-electron chi connectivity index (χ2n) is 8.84. The van der Waals surface area contributed by atoms with Crippen LogP contribution >= 0.6 is 0 Å². The summed E-state index contributed by atoms with van der Waals surface area (Å²) in [5.74, 6) is -1.20. The van der Waals surface area contributed by atoms with Crippen molar-refractivity contribution in [3.05, 3.63) is 65.2 Å². The summed E-state index contributed by atoms with van der Waals surface area (Å²) in [6, 6.07) is 11.5. The van der Waals surface area contributed by atoms with Gasteiger partial charge in [-0.25, -0.2) is 8.78 Å². The van der Waals surface area contributed by atoms with Crippen molar-refractivity contribution in [2.75, 3.05) is 26.2 Å². The van der Waals surface area contributed by atoms with Crippen molar-refractivity contribution >= 4 is 11.8 Å². The molecule has 0 bridgehead atoms. The molecule has 6 nitrogen and oxygen atoms in total. The van der Waals surface area contributed by atoms with E-state index in [0.717, 1.165) is 18.1 Å². The van der Waals surface area contributed by atoms with Gasteiger partial charge in [-0.15, -0.1) is 0 Å². The second-order valence-corrected chi connectivity index (χ2v) is 8.84. The van der Waals surface area contributed by atoms with E-state index in [2.05, 4.69) is 10.6 Å². The standard InChI is InChI=1S/C25H29F2N3O3/c1-16(31)28-12-18-7-8-30(14-18)24(32)13-29-23-11-20(23)21-9-19(26)10-22(27)25(21)33-15-17-5-3-2-4-6-17/h2-6,9-10,18,20,23,29H,7-8,11-15H2,1H3,(H,28,31)/t18-,20?,23?/m1/s1. The number of rotatable bonds is 9. The van der Waals surface area contributed by atoms with E-state index in [4.69, 9.17) is 4.74 Å². The fraction of sp³-hybridized carbons (Fsp3) is 0.440. The van der Waals surface area contributed by atoms with Crippen LogP contribution in [0, 0.1) is 17.6 Å². The number of carbonyl (C=O) groups excluding carboxylic acids is 2. The molecule has 0 radical (unpaired) electrons. The fourth-order valence-corrected chi connectivity index (χ4v) is 4.35. The third-order valence-electron chi connectivity index (χ3n) is 6.25. The van der Waals surface area contributed by atoms with E-state index < -0.39 is 11.6 Å². The quantitative estimate of drug-likeness (QED) is 0.608. The number of hydrogen-bond donors (Lipinski definition) is 2. The predicted molar refractivity (Wildman–Crippen MR) is 120 cm³/mol. The van der Waals surface area contributed by atoms with Crippen LogP contribution in [0.4, 0.5) is 8.78 Å². The highest BCUT2D eigenvalue weighted by molar-refractivity contribution is 5.78. The number of ether oxygens (including phenoxy) is 1. The number of hydrogen-bond acceptors (Lipinski definition) is 4. The predicted octanol–water partition coefficient (Wildman–Crippen LogP) is 2.97. The van der Waals surface area contributed by atoms with Gasteiger partial charge in [0.2, 0.25) is 11.8 Å². The Bertz CT molecular complexity index is 1000. The lowest BCUT2D eigenvalue weighted by atomic mass is 10.1. The number of halogens is 2. The van der Waals surface area contributed by atoms with Gasteiger partial charge in [0.05, 0.1) is 6.54 Å². The van der Waals surface area contributed by atoms with Crippen LogP contribution in [0.15, 0.2) is 42.5 Å². The Kier molecular flexibility index (Phi) is 7.23. The molecule has 4 rings (SSSR count). The van der Waals surface area contributed by atoms with Gasteiger partial charge in [0.15, 0.2) is 11.6 Å². The van der Waals surface area contributed by atoms with Gasteiger partial charge in [0.25, 0.3) is 0 Å². The number of carbonyl (C=O) groups is 2. The van der Waals surface area contributed by atoms with Crippen molar-refractivity contribution in [2.24, 2.45) is 5.92 Å². The van der Waals surface area contributed by atoms with Crippen molar-refractivity contribution in [1.82, 2.24) is 15.5 Å². The molecule has 2 unspecified atom stereocenters. The smallest absolute Gasteiger partial charge is 0.236 e. The van der Waals surface area contributed by atoms with Gasteiger partial charge >= 0.3 is 0 Å². The van der Waals surface area contributed by atoms with E-state index in [9.17, 15) is 18.4 Å². The molecule has 1 aliphatic heterocycles. The maximum absolute atomic E-state index is 14.5. The lowest BCUT2D eigenvalue weighted by Gasteiger charge is -2.17. The summed E-state index contributed by atoms with van der Waals surface area (Å²) in [5.41, 5.74) is 1.38. The Morgan fingerprint density at radius 1 is 1.18 bits per heavy atom. The van der Waals surface area contributed by atoms with E-state index in [1.165, 1.54) is 13.0 Å². The van der Waals surface area contributed by atoms with Crippen LogP contribution in [0.2, 0.25) is 0 Å². The highest BCUT2D eigenvalue weighted by atomic mass is 19.1. The number of nitrogens with zero attached hydrogens (tertiary/aromatic N) is 1. The Morgan fingerprint density at radius 3 is 2.73 bits per heavy atom. The Balaban J connectivity index is 1.30. The van der Waals surface area contributed by atoms with Gasteiger partial charge in [0.1, 0.15) is 12.4 Å². The number of benzene rings is 2. The van der Waals surface area contributed by atoms with Crippen LogP contribution in [0.25, 0.3) is 0 Å². The topological polar surface area (TPSA) is 70.7 Å². The first kappa shape index (κ1) is 23.2. The van der Waals surface area contributed by atoms with Crippen LogP contribution in [0.5, 0.6) is 5.75 Å². The van der Waals surface area contributed by atoms with Crippen molar-refractivity contribution in [3.63, 3.8) is 0 Å². The van der Waals surface area contributed by atoms with Gasteiger partial charge in [0, 0.05) is 50.1 Å². The van der Waals surface area contributed by atoms with Crippen LogP contribution < -0.4 is 15.4 Å². The number of nitrogens with one attached hydrogen (secondary N) is 2. The fourth-order valence-electron chi connectivity index (χ4n) is 4.35. The van der Waals surface area contributed by atoms with Gasteiger partial charge in [-0.1, -0.05) is 30.3 Å². The molecule has 0 aromatic heterocycles. The minimum absolute atomic E-state index is 0.00283. The second kappa shape index (κ2) is 10.3.